The van der Waals surface area contributed by atoms with Crippen molar-refractivity contribution in [2.24, 2.45) is 0 Å². The fourth-order valence-electron chi connectivity index (χ4n) is 0.0330. The number of carboxylic acids is 1. The van der Waals surface area contributed by atoms with Crippen molar-refractivity contribution < 1.29 is 37.9 Å². The van der Waals surface area contributed by atoms with Crippen molar-refractivity contribution in [1.29, 1.82) is 0 Å². The summed E-state index contributed by atoms with van der Waals surface area (Å²) >= 11 is 0.339. The van der Waals surface area contributed by atoms with Crippen molar-refractivity contribution in [3.8, 4) is 0 Å². The molecule has 0 spiro atoms. The number of carbonyl (C=O) groups is 2. The molecule has 0 fully saturated rings. The Kier molecular flexibility index (Phi) is 5.73. The van der Waals surface area contributed by atoms with Crippen LogP contribution >= 0.6 is 0 Å². The van der Waals surface area contributed by atoms with E-state index >= 15 is 0 Å². The van der Waals surface area contributed by atoms with Crippen LogP contribution in [0, 0.1) is 13.7 Å². The van der Waals surface area contributed by atoms with Gasteiger partial charge in [0.1, 0.15) is 0 Å². The van der Waals surface area contributed by atoms with E-state index in [1.807, 2.05) is 0 Å². The second kappa shape index (κ2) is 4.45. The molecule has 0 amide bonds. The first-order chi connectivity index (χ1) is 3.18. The summed E-state index contributed by atoms with van der Waals surface area (Å²) < 4.78 is 3.88. The Labute approximate surface area is 50.8 Å². The van der Waals surface area contributed by atoms with Gasteiger partial charge < -0.3 is 5.48 Å². The van der Waals surface area contributed by atoms with E-state index in [0.717, 1.165) is 0 Å². The third-order valence-corrected chi connectivity index (χ3v) is 0.828. The predicted molar refractivity (Wildman–Crippen MR) is 17.3 cm³/mol. The van der Waals surface area contributed by atoms with Crippen LogP contribution in [0.15, 0.2) is 0 Å². The molecule has 0 aromatic carbocycles. The molecule has 0 saturated carbocycles. The number of hydrogen-bond acceptors (Lipinski definition) is 3. The maximum atomic E-state index is 9.72. The fourth-order valence-corrected chi connectivity index (χ4v) is 0.308. The summed E-state index contributed by atoms with van der Waals surface area (Å²) in [5.74, 6) is -2.73. The summed E-state index contributed by atoms with van der Waals surface area (Å²) in [4.78, 5) is 19.2. The second-order valence-electron chi connectivity index (χ2n) is 0.670. The van der Waals surface area contributed by atoms with Crippen molar-refractivity contribution in [2.75, 3.05) is 0 Å². The van der Waals surface area contributed by atoms with Crippen molar-refractivity contribution in [3.63, 3.8) is 0 Å². The van der Waals surface area contributed by atoms with E-state index in [-0.39, 0.29) is 5.48 Å². The molecule has 0 aliphatic heterocycles. The monoisotopic (exact) mass is 348 g/mol. The van der Waals surface area contributed by atoms with Crippen LogP contribution in [0.3, 0.4) is 0 Å². The number of aliphatic carboxylic acids is 1. The van der Waals surface area contributed by atoms with Crippen LogP contribution in [0.25, 0.3) is 0 Å². The molecule has 0 aliphatic rings. The third-order valence-electron chi connectivity index (χ3n) is 0.245. The standard InChI is InChI=1S/C2H2O4.Am.H2O/c3-1(4)2(5)6;;/h(H,3,4)(H,5,6);;1H2/q;+1;/p-1. The Bertz CT molecular complexity index is 98.6. The molecule has 0 radical (unpaired) electrons. The second-order valence-corrected chi connectivity index (χ2v) is 1.31. The summed E-state index contributed by atoms with van der Waals surface area (Å²) in [6.07, 6.45) is 0. The molecule has 0 unspecified atom stereocenters. The molecule has 0 bridgehead atoms. The first-order valence-corrected chi connectivity index (χ1v) is 2.53. The van der Waals surface area contributed by atoms with E-state index in [9.17, 15) is 9.59 Å². The summed E-state index contributed by atoms with van der Waals surface area (Å²) in [6, 6.07) is 0. The zero-order valence-corrected chi connectivity index (χ0v) is 6.70. The van der Waals surface area contributed by atoms with Crippen molar-refractivity contribution in [1.82, 2.24) is 0 Å². The SMILES string of the molecule is O.O=C(O)C(=O)[O][Am]. The van der Waals surface area contributed by atoms with Gasteiger partial charge in [-0.05, 0) is 0 Å². The fraction of sp³-hybridized carbons (Fsp3) is 0. The topological polar surface area (TPSA) is 95.1 Å². The zero-order valence-electron chi connectivity index (χ0n) is 3.55. The van der Waals surface area contributed by atoms with Crippen LogP contribution in [0.1, 0.15) is 0 Å². The number of carbonyl (C=O) groups excluding carboxylic acids is 1. The molecule has 0 aliphatic carbocycles. The maximum absolute atomic E-state index is 9.72. The summed E-state index contributed by atoms with van der Waals surface area (Å²) in [5.41, 5.74) is 0. The van der Waals surface area contributed by atoms with Crippen LogP contribution in [0.4, 0.5) is 0 Å². The molecule has 8 heavy (non-hydrogen) atoms. The quantitative estimate of drug-likeness (QED) is 0.525. The Morgan fingerprint density at radius 1 is 1.50 bits per heavy atom. The van der Waals surface area contributed by atoms with E-state index in [4.69, 9.17) is 5.11 Å². The molecular formula is C2H3AmO5. The van der Waals surface area contributed by atoms with Gasteiger partial charge in [-0.25, -0.2) is 0 Å². The van der Waals surface area contributed by atoms with E-state index in [2.05, 4.69) is 4.10 Å². The molecule has 6 heteroatoms. The molecule has 0 saturated heterocycles. The van der Waals surface area contributed by atoms with Gasteiger partial charge in [-0.3, -0.25) is 0 Å². The third kappa shape index (κ3) is 3.48. The minimum absolute atomic E-state index is 0. The van der Waals surface area contributed by atoms with Gasteiger partial charge in [0, 0.05) is 0 Å². The van der Waals surface area contributed by atoms with Gasteiger partial charge >= 0.3 is 44.4 Å². The average Bonchev–Trinajstić information content (AvgIpc) is 1.65. The van der Waals surface area contributed by atoms with Gasteiger partial charge in [0.25, 0.3) is 0 Å². The predicted octanol–water partition coefficient (Wildman–Crippen LogP) is -1.75. The first kappa shape index (κ1) is 10.3. The van der Waals surface area contributed by atoms with Gasteiger partial charge in [-0.1, -0.05) is 0 Å². The molecule has 0 atom stereocenters. The Morgan fingerprint density at radius 3 is 1.88 bits per heavy atom. The van der Waals surface area contributed by atoms with Gasteiger partial charge in [-0.2, -0.15) is 0 Å². The number of rotatable bonds is 0. The van der Waals surface area contributed by atoms with Crippen LogP contribution in [0.2, 0.25) is 0 Å². The van der Waals surface area contributed by atoms with Crippen molar-refractivity contribution >= 4 is 11.9 Å². The first-order valence-electron chi connectivity index (χ1n) is 1.24. The van der Waals surface area contributed by atoms with E-state index in [1.165, 1.54) is 0 Å². The van der Waals surface area contributed by atoms with Crippen LogP contribution in [-0.4, -0.2) is 22.5 Å². The molecule has 5 nitrogen and oxygen atoms in total. The van der Waals surface area contributed by atoms with Crippen molar-refractivity contribution in [3.05, 3.63) is 0 Å². The van der Waals surface area contributed by atoms with Gasteiger partial charge in [0.15, 0.2) is 0 Å². The minimum atomic E-state index is -1.54. The normalized spacial score (nSPS) is 6.75. The van der Waals surface area contributed by atoms with E-state index < -0.39 is 11.9 Å². The molecule has 0 heterocycles. The van der Waals surface area contributed by atoms with Crippen LogP contribution in [-0.2, 0) is 13.7 Å². The molecule has 3 N–H and O–H groups in total. The molecule has 48 valence electrons. The molecule has 0 aromatic heterocycles. The van der Waals surface area contributed by atoms with Crippen LogP contribution < -0.4 is 0 Å². The Hall–Kier alpha value is -0.710. The number of hydrogen-bond donors (Lipinski definition) is 1. The Morgan fingerprint density at radius 2 is 1.88 bits per heavy atom. The summed E-state index contributed by atoms with van der Waals surface area (Å²) in [6.45, 7) is 0. The van der Waals surface area contributed by atoms with E-state index in [0.29, 0.717) is 13.7 Å². The molecule has 0 rings (SSSR count). The molecular weight excluding hydrogens is 347 g/mol. The van der Waals surface area contributed by atoms with Gasteiger partial charge in [0.2, 0.25) is 0 Å². The van der Waals surface area contributed by atoms with E-state index in [1.54, 1.807) is 0 Å². The summed E-state index contributed by atoms with van der Waals surface area (Å²) in [5, 5.41) is 7.72. The van der Waals surface area contributed by atoms with Crippen LogP contribution in [0.5, 0.6) is 0 Å². The number of carboxylic acid groups (broad SMARTS) is 1. The summed E-state index contributed by atoms with van der Waals surface area (Å²) in [7, 11) is 0. The zero-order chi connectivity index (χ0) is 5.86. The van der Waals surface area contributed by atoms with Gasteiger partial charge in [-0.15, -0.1) is 0 Å². The Balaban J connectivity index is 0. The average molecular weight is 350 g/mol. The van der Waals surface area contributed by atoms with Crippen molar-refractivity contribution in [2.45, 2.75) is 0 Å². The molecule has 0 aromatic rings. The van der Waals surface area contributed by atoms with Gasteiger partial charge in [0.05, 0.1) is 0 Å².